The van der Waals surface area contributed by atoms with Crippen molar-refractivity contribution in [2.75, 3.05) is 19.6 Å². The summed E-state index contributed by atoms with van der Waals surface area (Å²) < 4.78 is 0. The first-order chi connectivity index (χ1) is 41.6. The van der Waals surface area contributed by atoms with Crippen molar-refractivity contribution in [1.82, 2.24) is 0 Å². The molecule has 14 aromatic carbocycles. The molecule has 14 aromatic rings. The van der Waals surface area contributed by atoms with Crippen LogP contribution in [0.4, 0.5) is 68.2 Å². The van der Waals surface area contributed by atoms with Crippen LogP contribution in [0.5, 0.6) is 0 Å². The summed E-state index contributed by atoms with van der Waals surface area (Å²) >= 11 is 0. The molecule has 0 amide bonds. The maximum absolute atomic E-state index is 2.33. The topological polar surface area (TPSA) is 13.0 Å². The first-order valence-electron chi connectivity index (χ1n) is 28.6. The zero-order chi connectivity index (χ0) is 56.0. The van der Waals surface area contributed by atoms with E-state index in [9.17, 15) is 0 Å². The minimum atomic E-state index is 1.08. The minimum Gasteiger partial charge on any atom is -0.311 e. The van der Waals surface area contributed by atoms with Gasteiger partial charge in [0.1, 0.15) is 0 Å². The molecule has 0 aliphatic carbocycles. The smallest absolute Gasteiger partial charge is 0.0468 e. The lowest BCUT2D eigenvalue weighted by atomic mass is 10.00. The van der Waals surface area contributed by atoms with Gasteiger partial charge in [0.25, 0.3) is 0 Å². The number of anilines is 12. The molecule has 0 atom stereocenters. The van der Waals surface area contributed by atoms with Gasteiger partial charge >= 0.3 is 0 Å². The van der Waals surface area contributed by atoms with Gasteiger partial charge in [-0.25, -0.2) is 0 Å². The molecule has 0 heterocycles. The summed E-state index contributed by atoms with van der Waals surface area (Å²) in [7, 11) is 0. The summed E-state index contributed by atoms with van der Waals surface area (Å²) in [5.74, 6) is 0. The number of para-hydroxylation sites is 6. The molecule has 0 aromatic heterocycles. The molecule has 0 aliphatic rings. The fourth-order valence-corrected chi connectivity index (χ4v) is 11.6. The van der Waals surface area contributed by atoms with Crippen molar-refractivity contribution in [2.45, 2.75) is 0 Å². The molecule has 14 rings (SSSR count). The van der Waals surface area contributed by atoms with E-state index in [4.69, 9.17) is 0 Å². The Morgan fingerprint density at radius 2 is 0.286 bits per heavy atom. The third-order valence-electron chi connectivity index (χ3n) is 15.8. The number of rotatable bonds is 15. The standard InChI is InChI=1S/C80H58N4/c1-7-19-69(20-8-1)81(77-49-39-61(40-50-77)63-31-33-67-57-79(53-43-65(67)55-63)83(71-23-11-3-12-24-71)72-25-13-4-14-26-72)75-45-35-59(36-46-75)60-37-47-76(48-38-60)82(70-21-9-2-10-22-70)78-51-41-62(42-52-78)64-32-34-68-58-80(54-44-66(68)56-64)84(73-27-15-5-16-28-73)74-29-17-6-18-30-74/h1-58H. The minimum absolute atomic E-state index is 1.08. The van der Waals surface area contributed by atoms with Crippen LogP contribution >= 0.6 is 0 Å². The zero-order valence-corrected chi connectivity index (χ0v) is 46.3. The van der Waals surface area contributed by atoms with E-state index in [2.05, 4.69) is 371 Å². The van der Waals surface area contributed by atoms with Gasteiger partial charge in [-0.2, -0.15) is 0 Å². The molecule has 398 valence electrons. The summed E-state index contributed by atoms with van der Waals surface area (Å²) in [6.45, 7) is 0. The van der Waals surface area contributed by atoms with Crippen LogP contribution in [0.25, 0.3) is 54.9 Å². The Labute approximate surface area is 491 Å². The number of fused-ring (bicyclic) bond motifs is 2. The third kappa shape index (κ3) is 10.6. The first-order valence-corrected chi connectivity index (χ1v) is 28.6. The molecule has 0 saturated carbocycles. The van der Waals surface area contributed by atoms with E-state index in [0.29, 0.717) is 0 Å². The van der Waals surface area contributed by atoms with Gasteiger partial charge in [0, 0.05) is 68.2 Å². The molecule has 84 heavy (non-hydrogen) atoms. The highest BCUT2D eigenvalue weighted by molar-refractivity contribution is 5.94. The second-order valence-corrected chi connectivity index (χ2v) is 21.0. The number of nitrogens with zero attached hydrogens (tertiary/aromatic N) is 4. The van der Waals surface area contributed by atoms with Crippen LogP contribution in [0.1, 0.15) is 0 Å². The third-order valence-corrected chi connectivity index (χ3v) is 15.8. The first kappa shape index (κ1) is 51.0. The second-order valence-electron chi connectivity index (χ2n) is 21.0. The number of hydrogen-bond acceptors (Lipinski definition) is 4. The maximum Gasteiger partial charge on any atom is 0.0468 e. The SMILES string of the molecule is c1ccc(N(c2ccc(-c3ccc(N(c4ccccc4)c4ccc(-c5ccc6cc(N(c7ccccc7)c7ccccc7)ccc6c5)cc4)cc3)cc2)c2ccc(-c3ccc4cc(N(c5ccccc5)c5ccccc5)ccc4c3)cc2)cc1. The molecule has 0 unspecified atom stereocenters. The van der Waals surface area contributed by atoms with Gasteiger partial charge in [-0.3, -0.25) is 0 Å². The highest BCUT2D eigenvalue weighted by Gasteiger charge is 2.18. The maximum atomic E-state index is 2.33. The van der Waals surface area contributed by atoms with Crippen LogP contribution in [-0.2, 0) is 0 Å². The quantitative estimate of drug-likeness (QED) is 0.101. The van der Waals surface area contributed by atoms with Crippen LogP contribution < -0.4 is 19.6 Å². The Morgan fingerprint density at radius 1 is 0.119 bits per heavy atom. The summed E-state index contributed by atoms with van der Waals surface area (Å²) in [5.41, 5.74) is 20.3. The molecule has 0 spiro atoms. The van der Waals surface area contributed by atoms with Crippen molar-refractivity contribution in [2.24, 2.45) is 0 Å². The molecule has 0 saturated heterocycles. The molecule has 0 bridgehead atoms. The molecule has 4 heteroatoms. The van der Waals surface area contributed by atoms with Crippen molar-refractivity contribution < 1.29 is 0 Å². The van der Waals surface area contributed by atoms with Gasteiger partial charge in [-0.1, -0.05) is 194 Å². The normalized spacial score (nSPS) is 11.1. The van der Waals surface area contributed by atoms with Gasteiger partial charge in [0.05, 0.1) is 0 Å². The largest absolute Gasteiger partial charge is 0.311 e. The molecular formula is C80H58N4. The Morgan fingerprint density at radius 3 is 0.536 bits per heavy atom. The fourth-order valence-electron chi connectivity index (χ4n) is 11.6. The van der Waals surface area contributed by atoms with Crippen molar-refractivity contribution >= 4 is 89.8 Å². The monoisotopic (exact) mass is 1070 g/mol. The van der Waals surface area contributed by atoms with Crippen molar-refractivity contribution in [3.05, 3.63) is 352 Å². The summed E-state index contributed by atoms with van der Waals surface area (Å²) in [4.78, 5) is 9.28. The van der Waals surface area contributed by atoms with E-state index in [1.165, 1.54) is 43.8 Å². The van der Waals surface area contributed by atoms with Crippen molar-refractivity contribution in [3.8, 4) is 33.4 Å². The number of hydrogen-bond donors (Lipinski definition) is 0. The predicted molar refractivity (Wildman–Crippen MR) is 356 cm³/mol. The van der Waals surface area contributed by atoms with Gasteiger partial charge < -0.3 is 19.6 Å². The zero-order valence-electron chi connectivity index (χ0n) is 46.3. The van der Waals surface area contributed by atoms with Gasteiger partial charge in [-0.05, 0) is 213 Å². The van der Waals surface area contributed by atoms with Gasteiger partial charge in [0.2, 0.25) is 0 Å². The lowest BCUT2D eigenvalue weighted by Crippen LogP contribution is -2.10. The van der Waals surface area contributed by atoms with Crippen molar-refractivity contribution in [3.63, 3.8) is 0 Å². The average molecular weight is 1080 g/mol. The van der Waals surface area contributed by atoms with Gasteiger partial charge in [0.15, 0.2) is 0 Å². The Kier molecular flexibility index (Phi) is 14.0. The Balaban J connectivity index is 0.695. The fraction of sp³-hybridized carbons (Fsp3) is 0. The molecule has 0 radical (unpaired) electrons. The van der Waals surface area contributed by atoms with Gasteiger partial charge in [-0.15, -0.1) is 0 Å². The van der Waals surface area contributed by atoms with E-state index in [0.717, 1.165) is 79.4 Å². The lowest BCUT2D eigenvalue weighted by molar-refractivity contribution is 1.28. The van der Waals surface area contributed by atoms with E-state index in [-0.39, 0.29) is 0 Å². The highest BCUT2D eigenvalue weighted by atomic mass is 15.2. The van der Waals surface area contributed by atoms with E-state index >= 15 is 0 Å². The summed E-state index contributed by atoms with van der Waals surface area (Å²) in [6, 6.07) is 126. The van der Waals surface area contributed by atoms with Crippen LogP contribution in [0.15, 0.2) is 352 Å². The summed E-state index contributed by atoms with van der Waals surface area (Å²) in [5, 5.41) is 4.78. The highest BCUT2D eigenvalue weighted by Crippen LogP contribution is 2.42. The van der Waals surface area contributed by atoms with E-state index in [1.54, 1.807) is 0 Å². The van der Waals surface area contributed by atoms with Crippen LogP contribution in [0.2, 0.25) is 0 Å². The Hall–Kier alpha value is -11.2. The lowest BCUT2D eigenvalue weighted by Gasteiger charge is -2.26. The van der Waals surface area contributed by atoms with E-state index < -0.39 is 0 Å². The van der Waals surface area contributed by atoms with Crippen LogP contribution in [-0.4, -0.2) is 0 Å². The molecule has 4 nitrogen and oxygen atoms in total. The van der Waals surface area contributed by atoms with Crippen LogP contribution in [0, 0.1) is 0 Å². The number of benzene rings is 14. The molecule has 0 N–H and O–H groups in total. The predicted octanol–water partition coefficient (Wildman–Crippen LogP) is 22.9. The molecule has 0 fully saturated rings. The van der Waals surface area contributed by atoms with E-state index in [1.807, 2.05) is 0 Å². The second kappa shape index (κ2) is 23.1. The molecular weight excluding hydrogens is 1020 g/mol. The average Bonchev–Trinajstić information content (AvgIpc) is 3.72. The Bertz CT molecular complexity index is 4110. The molecule has 0 aliphatic heterocycles. The summed E-state index contributed by atoms with van der Waals surface area (Å²) in [6.07, 6.45) is 0. The van der Waals surface area contributed by atoms with Crippen molar-refractivity contribution in [1.29, 1.82) is 0 Å². The van der Waals surface area contributed by atoms with Crippen LogP contribution in [0.3, 0.4) is 0 Å².